The lowest BCUT2D eigenvalue weighted by atomic mass is 10.2. The van der Waals surface area contributed by atoms with E-state index in [2.05, 4.69) is 10.3 Å². The fourth-order valence-corrected chi connectivity index (χ4v) is 4.57. The van der Waals surface area contributed by atoms with Crippen LogP contribution < -0.4 is 15.2 Å². The van der Waals surface area contributed by atoms with Gasteiger partial charge in [-0.25, -0.2) is 13.7 Å². The number of nitrogens with zero attached hydrogens (tertiary/aromatic N) is 3. The van der Waals surface area contributed by atoms with Gasteiger partial charge in [0.15, 0.2) is 5.69 Å². The number of carbonyl (C=O) groups is 1. The zero-order valence-corrected chi connectivity index (χ0v) is 15.9. The molecule has 28 heavy (non-hydrogen) atoms. The van der Waals surface area contributed by atoms with Gasteiger partial charge in [0.25, 0.3) is 11.5 Å². The number of benzene rings is 1. The predicted molar refractivity (Wildman–Crippen MR) is 103 cm³/mol. The third kappa shape index (κ3) is 3.96. The highest BCUT2D eigenvalue weighted by atomic mass is 32.3. The van der Waals surface area contributed by atoms with Crippen molar-refractivity contribution in [1.82, 2.24) is 14.9 Å². The lowest BCUT2D eigenvalue weighted by molar-refractivity contribution is 0.0942. The number of halogens is 1. The predicted octanol–water partition coefficient (Wildman–Crippen LogP) is 1.82. The van der Waals surface area contributed by atoms with E-state index in [-0.39, 0.29) is 24.8 Å². The average Bonchev–Trinajstić information content (AvgIpc) is 2.65. The van der Waals surface area contributed by atoms with E-state index in [1.54, 1.807) is 6.07 Å². The van der Waals surface area contributed by atoms with E-state index in [4.69, 9.17) is 0 Å². The van der Waals surface area contributed by atoms with Gasteiger partial charge in [0.1, 0.15) is 5.82 Å². The Morgan fingerprint density at radius 1 is 1.36 bits per heavy atom. The number of aromatic nitrogens is 2. The van der Waals surface area contributed by atoms with Gasteiger partial charge in [0.05, 0.1) is 5.75 Å². The fraction of sp³-hybridized carbons (Fsp3) is 0.353. The quantitative estimate of drug-likeness (QED) is 0.603. The number of rotatable bonds is 4. The molecule has 1 aromatic carbocycles. The molecule has 3 rings (SSSR count). The van der Waals surface area contributed by atoms with Gasteiger partial charge in [-0.2, -0.15) is 0 Å². The lowest BCUT2D eigenvalue weighted by Crippen LogP contribution is -2.39. The maximum atomic E-state index is 13.2. The molecule has 2 heterocycles. The molecule has 1 aromatic heterocycles. The van der Waals surface area contributed by atoms with Crippen molar-refractivity contribution in [2.45, 2.75) is 19.4 Å². The Bertz CT molecular complexity index is 965. The summed E-state index contributed by atoms with van der Waals surface area (Å²) in [6.07, 6.45) is 1.28. The second kappa shape index (κ2) is 7.78. The molecule has 0 bridgehead atoms. The van der Waals surface area contributed by atoms with E-state index < -0.39 is 39.5 Å². The smallest absolute Gasteiger partial charge is 0.297 e. The Morgan fingerprint density at radius 2 is 2.11 bits per heavy atom. The molecule has 4 N–H and O–H groups in total. The lowest BCUT2D eigenvalue weighted by Gasteiger charge is -2.46. The van der Waals surface area contributed by atoms with Crippen molar-refractivity contribution in [3.8, 4) is 5.75 Å². The highest BCUT2D eigenvalue weighted by molar-refractivity contribution is 8.25. The molecule has 0 radical (unpaired) electrons. The summed E-state index contributed by atoms with van der Waals surface area (Å²) in [5.74, 6) is -2.13. The summed E-state index contributed by atoms with van der Waals surface area (Å²) in [5.41, 5.74) is -0.931. The number of hydrogen-bond donors (Lipinski definition) is 4. The van der Waals surface area contributed by atoms with E-state index >= 15 is 0 Å². The molecule has 0 saturated carbocycles. The molecule has 0 unspecified atom stereocenters. The van der Waals surface area contributed by atoms with E-state index in [1.807, 2.05) is 0 Å². The second-order valence-electron chi connectivity index (χ2n) is 6.43. The highest BCUT2D eigenvalue weighted by Crippen LogP contribution is 2.48. The summed E-state index contributed by atoms with van der Waals surface area (Å²) in [4.78, 5) is 28.9. The second-order valence-corrected chi connectivity index (χ2v) is 8.54. The summed E-state index contributed by atoms with van der Waals surface area (Å²) in [7, 11) is -1.85. The Kier molecular flexibility index (Phi) is 5.59. The minimum absolute atomic E-state index is 0.0405. The van der Waals surface area contributed by atoms with Crippen LogP contribution in [0.4, 0.5) is 10.3 Å². The van der Waals surface area contributed by atoms with Crippen LogP contribution in [0.1, 0.15) is 28.9 Å². The van der Waals surface area contributed by atoms with Crippen LogP contribution in [-0.4, -0.2) is 42.0 Å². The molecule has 2 aromatic rings. The van der Waals surface area contributed by atoms with Crippen LogP contribution in [0.5, 0.6) is 5.75 Å². The van der Waals surface area contributed by atoms with Gasteiger partial charge in [-0.15, -0.1) is 10.8 Å². The molecule has 9 nitrogen and oxygen atoms in total. The molecule has 1 saturated heterocycles. The first kappa shape index (κ1) is 20.1. The standard InChI is InChI=1S/C17H21FN4O5S/c1-21-16(25)14(23)13(15(24)19-10-11-5-4-6-12(18)9-11)20-17(21)22-7-2-3-8-28(22,26)27/h4-6,9,23,26-27H,2-3,7-8,10H2,1H3,(H,19,24). The van der Waals surface area contributed by atoms with Crippen LogP contribution >= 0.6 is 10.8 Å². The third-order valence-corrected chi connectivity index (χ3v) is 6.29. The minimum atomic E-state index is -3.18. The first-order valence-electron chi connectivity index (χ1n) is 8.57. The van der Waals surface area contributed by atoms with Gasteiger partial charge in [-0.1, -0.05) is 12.1 Å². The van der Waals surface area contributed by atoms with Crippen LogP contribution in [0.15, 0.2) is 29.1 Å². The zero-order valence-electron chi connectivity index (χ0n) is 15.1. The van der Waals surface area contributed by atoms with Crippen LogP contribution in [0.25, 0.3) is 0 Å². The van der Waals surface area contributed by atoms with Crippen LogP contribution in [0.3, 0.4) is 0 Å². The molecule has 152 valence electrons. The highest BCUT2D eigenvalue weighted by Gasteiger charge is 2.31. The molecule has 0 aliphatic carbocycles. The minimum Gasteiger partial charge on any atom is -0.501 e. The number of aromatic hydroxyl groups is 1. The van der Waals surface area contributed by atoms with E-state index in [1.165, 1.54) is 29.6 Å². The number of nitrogens with one attached hydrogen (secondary N) is 1. The molecule has 0 spiro atoms. The topological polar surface area (TPSA) is 128 Å². The first-order chi connectivity index (χ1) is 13.2. The normalized spacial score (nSPS) is 17.2. The number of amides is 1. The van der Waals surface area contributed by atoms with Gasteiger partial charge in [-0.05, 0) is 30.5 Å². The Hall–Kier alpha value is -2.63. The average molecular weight is 412 g/mol. The van der Waals surface area contributed by atoms with E-state index in [0.717, 1.165) is 4.57 Å². The van der Waals surface area contributed by atoms with Crippen molar-refractivity contribution in [1.29, 1.82) is 0 Å². The molecule has 1 amide bonds. The van der Waals surface area contributed by atoms with Crippen molar-refractivity contribution in [2.75, 3.05) is 16.6 Å². The van der Waals surface area contributed by atoms with Gasteiger partial charge in [0.2, 0.25) is 11.7 Å². The van der Waals surface area contributed by atoms with Crippen molar-refractivity contribution in [2.24, 2.45) is 7.05 Å². The van der Waals surface area contributed by atoms with Crippen LogP contribution in [0.2, 0.25) is 0 Å². The van der Waals surface area contributed by atoms with Gasteiger partial charge in [0, 0.05) is 20.1 Å². The summed E-state index contributed by atoms with van der Waals surface area (Å²) >= 11 is 0. The monoisotopic (exact) mass is 412 g/mol. The molecule has 1 aliphatic heterocycles. The largest absolute Gasteiger partial charge is 0.501 e. The van der Waals surface area contributed by atoms with Crippen molar-refractivity contribution < 1.29 is 23.4 Å². The summed E-state index contributed by atoms with van der Waals surface area (Å²) in [6, 6.07) is 5.61. The molecular weight excluding hydrogens is 391 g/mol. The van der Waals surface area contributed by atoms with Crippen LogP contribution in [-0.2, 0) is 13.6 Å². The molecular formula is C17H21FN4O5S. The SMILES string of the molecule is Cn1c(N2CCCCS2(O)O)nc(C(=O)NCc2cccc(F)c2)c(O)c1=O. The summed E-state index contributed by atoms with van der Waals surface area (Å²) in [5, 5.41) is 12.6. The molecule has 1 aliphatic rings. The number of carbonyl (C=O) groups excluding carboxylic acids is 1. The Morgan fingerprint density at radius 3 is 2.79 bits per heavy atom. The summed E-state index contributed by atoms with van der Waals surface area (Å²) in [6.45, 7) is 0.207. The maximum Gasteiger partial charge on any atom is 0.297 e. The fourth-order valence-electron chi connectivity index (χ4n) is 2.91. The Labute approximate surface area is 161 Å². The maximum absolute atomic E-state index is 13.2. The van der Waals surface area contributed by atoms with Crippen molar-refractivity contribution in [3.05, 3.63) is 51.7 Å². The van der Waals surface area contributed by atoms with Crippen molar-refractivity contribution >= 4 is 22.6 Å². The molecule has 0 atom stereocenters. The third-order valence-electron chi connectivity index (χ3n) is 4.41. The number of hydrogen-bond acceptors (Lipinski definition) is 7. The van der Waals surface area contributed by atoms with E-state index in [0.29, 0.717) is 18.4 Å². The zero-order chi connectivity index (χ0) is 20.5. The van der Waals surface area contributed by atoms with Gasteiger partial charge < -0.3 is 10.4 Å². The van der Waals surface area contributed by atoms with Crippen molar-refractivity contribution in [3.63, 3.8) is 0 Å². The summed E-state index contributed by atoms with van der Waals surface area (Å²) < 4.78 is 36.0. The van der Waals surface area contributed by atoms with Gasteiger partial charge >= 0.3 is 0 Å². The molecule has 1 fully saturated rings. The van der Waals surface area contributed by atoms with Crippen LogP contribution in [0, 0.1) is 5.82 Å². The van der Waals surface area contributed by atoms with E-state index in [9.17, 15) is 28.2 Å². The number of anilines is 1. The molecule has 11 heteroatoms. The van der Waals surface area contributed by atoms with Gasteiger partial charge in [-0.3, -0.25) is 23.3 Å². The first-order valence-corrected chi connectivity index (χ1v) is 10.2. The Balaban J connectivity index is 1.91.